The fourth-order valence-electron chi connectivity index (χ4n) is 1.56. The highest BCUT2D eigenvalue weighted by Gasteiger charge is 2.24. The van der Waals surface area contributed by atoms with E-state index in [0.717, 1.165) is 4.47 Å². The van der Waals surface area contributed by atoms with E-state index < -0.39 is 11.7 Å². The second-order valence-electron chi connectivity index (χ2n) is 5.18. The van der Waals surface area contributed by atoms with Crippen LogP contribution in [0.2, 0.25) is 0 Å². The summed E-state index contributed by atoms with van der Waals surface area (Å²) in [7, 11) is 1.64. The first-order valence-electron chi connectivity index (χ1n) is 6.02. The number of nitrogens with zero attached hydrogens (tertiary/aromatic N) is 2. The van der Waals surface area contributed by atoms with Crippen LogP contribution in [0, 0.1) is 0 Å². The van der Waals surface area contributed by atoms with Crippen LogP contribution in [0.4, 0.5) is 10.5 Å². The molecule has 0 unspecified atom stereocenters. The molecule has 0 spiro atoms. The highest BCUT2D eigenvalue weighted by molar-refractivity contribution is 9.10. The van der Waals surface area contributed by atoms with Crippen molar-refractivity contribution < 1.29 is 9.53 Å². The summed E-state index contributed by atoms with van der Waals surface area (Å²) in [6.45, 7) is 7.53. The molecule has 0 bridgehead atoms. The first-order valence-corrected chi connectivity index (χ1v) is 6.81. The van der Waals surface area contributed by atoms with Crippen molar-refractivity contribution in [1.29, 1.82) is 0 Å². The third-order valence-electron chi connectivity index (χ3n) is 2.35. The molecule has 6 heteroatoms. The van der Waals surface area contributed by atoms with E-state index in [1.807, 2.05) is 0 Å². The maximum atomic E-state index is 12.1. The van der Waals surface area contributed by atoms with Crippen molar-refractivity contribution in [2.75, 3.05) is 11.4 Å². The summed E-state index contributed by atoms with van der Waals surface area (Å²) < 4.78 is 7.45. The van der Waals surface area contributed by atoms with Gasteiger partial charge in [-0.25, -0.2) is 4.79 Å². The summed E-state index contributed by atoms with van der Waals surface area (Å²) in [4.78, 5) is 25.5. The van der Waals surface area contributed by atoms with Gasteiger partial charge in [0.2, 0.25) is 0 Å². The average molecular weight is 331 g/mol. The smallest absolute Gasteiger partial charge is 0.414 e. The molecular weight excluding hydrogens is 312 g/mol. The first kappa shape index (κ1) is 15.8. The maximum Gasteiger partial charge on any atom is 0.414 e. The zero-order chi connectivity index (χ0) is 14.8. The number of anilines is 1. The Bertz CT molecular complexity index is 532. The second kappa shape index (κ2) is 5.77. The monoisotopic (exact) mass is 330 g/mol. The minimum absolute atomic E-state index is 0.240. The Morgan fingerprint density at radius 2 is 2.05 bits per heavy atom. The van der Waals surface area contributed by atoms with Gasteiger partial charge < -0.3 is 9.30 Å². The first-order chi connectivity index (χ1) is 8.65. The fourth-order valence-corrected chi connectivity index (χ4v) is 2.09. The van der Waals surface area contributed by atoms with E-state index in [9.17, 15) is 9.59 Å². The van der Waals surface area contributed by atoms with E-state index in [4.69, 9.17) is 4.74 Å². The molecule has 0 aromatic carbocycles. The lowest BCUT2D eigenvalue weighted by molar-refractivity contribution is 0.0582. The number of carbonyl (C=O) groups excluding carboxylic acids is 1. The van der Waals surface area contributed by atoms with Crippen LogP contribution >= 0.6 is 15.9 Å². The molecule has 1 aromatic heterocycles. The van der Waals surface area contributed by atoms with Gasteiger partial charge in [0.1, 0.15) is 11.3 Å². The minimum atomic E-state index is -0.595. The van der Waals surface area contributed by atoms with Gasteiger partial charge in [0.05, 0.1) is 0 Å². The zero-order valence-electron chi connectivity index (χ0n) is 11.9. The highest BCUT2D eigenvalue weighted by Crippen LogP contribution is 2.18. The standard InChI is InChI=1S/C13H19BrN2O3/c1-6-16(12(18)19-13(2,3)4)10-7-9(14)8-15(5)11(10)17/h7-8H,6H2,1-5H3. The van der Waals surface area contributed by atoms with E-state index >= 15 is 0 Å². The third-order valence-corrected chi connectivity index (χ3v) is 2.79. The summed E-state index contributed by atoms with van der Waals surface area (Å²) in [5, 5.41) is 0. The summed E-state index contributed by atoms with van der Waals surface area (Å²) in [6.07, 6.45) is 1.12. The number of pyridine rings is 1. The third kappa shape index (κ3) is 4.09. The van der Waals surface area contributed by atoms with Gasteiger partial charge in [-0.05, 0) is 49.7 Å². The summed E-state index contributed by atoms with van der Waals surface area (Å²) in [5.74, 6) is 0. The fraction of sp³-hybridized carbons (Fsp3) is 0.538. The van der Waals surface area contributed by atoms with Gasteiger partial charge in [-0.2, -0.15) is 0 Å². The lowest BCUT2D eigenvalue weighted by atomic mass is 10.2. The Kier molecular flexibility index (Phi) is 4.79. The van der Waals surface area contributed by atoms with Gasteiger partial charge in [0.15, 0.2) is 0 Å². The van der Waals surface area contributed by atoms with Gasteiger partial charge in [0.25, 0.3) is 5.56 Å². The molecule has 0 radical (unpaired) electrons. The summed E-state index contributed by atoms with van der Waals surface area (Å²) >= 11 is 3.32. The van der Waals surface area contributed by atoms with Crippen molar-refractivity contribution in [3.05, 3.63) is 27.1 Å². The molecule has 0 saturated carbocycles. The summed E-state index contributed by atoms with van der Waals surface area (Å²) in [5.41, 5.74) is -0.536. The number of ether oxygens (including phenoxy) is 1. The molecule has 0 aliphatic carbocycles. The Balaban J connectivity index is 3.18. The number of halogens is 1. The number of rotatable bonds is 2. The van der Waals surface area contributed by atoms with Crippen LogP contribution in [0.15, 0.2) is 21.5 Å². The van der Waals surface area contributed by atoms with Crippen LogP contribution < -0.4 is 10.5 Å². The van der Waals surface area contributed by atoms with Crippen LogP contribution in [0.25, 0.3) is 0 Å². The Hall–Kier alpha value is -1.30. The lowest BCUT2D eigenvalue weighted by Crippen LogP contribution is -2.40. The molecule has 106 valence electrons. The van der Waals surface area contributed by atoms with Crippen molar-refractivity contribution in [3.63, 3.8) is 0 Å². The number of carbonyl (C=O) groups is 1. The number of amides is 1. The molecule has 0 saturated heterocycles. The lowest BCUT2D eigenvalue weighted by Gasteiger charge is -2.26. The zero-order valence-corrected chi connectivity index (χ0v) is 13.4. The van der Waals surface area contributed by atoms with Gasteiger partial charge in [-0.1, -0.05) is 0 Å². The molecular formula is C13H19BrN2O3. The quantitative estimate of drug-likeness (QED) is 0.837. The molecule has 5 nitrogen and oxygen atoms in total. The molecule has 1 aromatic rings. The molecule has 0 N–H and O–H groups in total. The highest BCUT2D eigenvalue weighted by atomic mass is 79.9. The molecule has 0 fully saturated rings. The number of hydrogen-bond acceptors (Lipinski definition) is 3. The van der Waals surface area contributed by atoms with Crippen molar-refractivity contribution >= 4 is 27.7 Å². The predicted molar refractivity (Wildman–Crippen MR) is 78.6 cm³/mol. The van der Waals surface area contributed by atoms with E-state index in [-0.39, 0.29) is 5.56 Å². The normalized spacial score (nSPS) is 11.3. The number of aromatic nitrogens is 1. The Labute approximate surface area is 121 Å². The van der Waals surface area contributed by atoms with Crippen molar-refractivity contribution in [2.24, 2.45) is 7.05 Å². The second-order valence-corrected chi connectivity index (χ2v) is 6.10. The molecule has 0 aliphatic rings. The van der Waals surface area contributed by atoms with E-state index in [1.165, 1.54) is 9.47 Å². The van der Waals surface area contributed by atoms with Crippen LogP contribution in [-0.4, -0.2) is 22.8 Å². The summed E-state index contributed by atoms with van der Waals surface area (Å²) in [6, 6.07) is 1.62. The van der Waals surface area contributed by atoms with Crippen molar-refractivity contribution in [1.82, 2.24) is 4.57 Å². The predicted octanol–water partition coefficient (Wildman–Crippen LogP) is 2.91. The topological polar surface area (TPSA) is 51.5 Å². The average Bonchev–Trinajstić information content (AvgIpc) is 2.23. The van der Waals surface area contributed by atoms with Gasteiger partial charge >= 0.3 is 6.09 Å². The van der Waals surface area contributed by atoms with E-state index in [1.54, 1.807) is 47.0 Å². The maximum absolute atomic E-state index is 12.1. The van der Waals surface area contributed by atoms with Crippen molar-refractivity contribution in [2.45, 2.75) is 33.3 Å². The van der Waals surface area contributed by atoms with Crippen LogP contribution in [0.5, 0.6) is 0 Å². The molecule has 0 atom stereocenters. The Morgan fingerprint density at radius 3 is 2.53 bits per heavy atom. The molecule has 19 heavy (non-hydrogen) atoms. The van der Waals surface area contributed by atoms with E-state index in [2.05, 4.69) is 15.9 Å². The molecule has 0 aliphatic heterocycles. The van der Waals surface area contributed by atoms with Crippen LogP contribution in [0.1, 0.15) is 27.7 Å². The number of aryl methyl sites for hydroxylation is 1. The van der Waals surface area contributed by atoms with Crippen molar-refractivity contribution in [3.8, 4) is 0 Å². The number of hydrogen-bond donors (Lipinski definition) is 0. The largest absolute Gasteiger partial charge is 0.443 e. The Morgan fingerprint density at radius 1 is 1.47 bits per heavy atom. The van der Waals surface area contributed by atoms with Gasteiger partial charge in [-0.3, -0.25) is 9.69 Å². The molecule has 1 amide bonds. The van der Waals surface area contributed by atoms with Gasteiger partial charge in [0, 0.05) is 24.3 Å². The molecule has 1 rings (SSSR count). The van der Waals surface area contributed by atoms with E-state index in [0.29, 0.717) is 12.2 Å². The van der Waals surface area contributed by atoms with Gasteiger partial charge in [-0.15, -0.1) is 0 Å². The molecule has 1 heterocycles. The minimum Gasteiger partial charge on any atom is -0.443 e. The van der Waals surface area contributed by atoms with Crippen LogP contribution in [-0.2, 0) is 11.8 Å². The van der Waals surface area contributed by atoms with Crippen LogP contribution in [0.3, 0.4) is 0 Å². The SMILES string of the molecule is CCN(C(=O)OC(C)(C)C)c1cc(Br)cn(C)c1=O.